The van der Waals surface area contributed by atoms with Crippen LogP contribution >= 0.6 is 0 Å². The zero-order chi connectivity index (χ0) is 16.8. The van der Waals surface area contributed by atoms with Gasteiger partial charge in [0.15, 0.2) is 0 Å². The number of imidazole rings is 1. The molecule has 6 nitrogen and oxygen atoms in total. The fraction of sp³-hybridized carbons (Fsp3) is 0.222. The summed E-state index contributed by atoms with van der Waals surface area (Å²) in [5.41, 5.74) is 1.15. The van der Waals surface area contributed by atoms with Gasteiger partial charge in [0.2, 0.25) is 5.76 Å². The first-order valence-corrected chi connectivity index (χ1v) is 7.55. The average molecular weight is 326 g/mol. The number of esters is 1. The Kier molecular flexibility index (Phi) is 5.08. The summed E-state index contributed by atoms with van der Waals surface area (Å²) in [7, 11) is 1.56. The highest BCUT2D eigenvalue weighted by atomic mass is 16.5. The van der Waals surface area contributed by atoms with Crippen molar-refractivity contribution in [3.63, 3.8) is 0 Å². The Balaban J connectivity index is 1.60. The van der Waals surface area contributed by atoms with E-state index >= 15 is 0 Å². The van der Waals surface area contributed by atoms with Crippen molar-refractivity contribution in [1.82, 2.24) is 9.55 Å². The maximum atomic E-state index is 12.0. The number of carbonyl (C=O) groups is 1. The molecule has 2 heterocycles. The van der Waals surface area contributed by atoms with Crippen molar-refractivity contribution in [3.8, 4) is 0 Å². The Labute approximate surface area is 139 Å². The van der Waals surface area contributed by atoms with Crippen LogP contribution in [0.2, 0.25) is 0 Å². The number of methoxy groups -OCH3 is 1. The minimum Gasteiger partial charge on any atom is -0.452 e. The number of aromatic nitrogens is 2. The Morgan fingerprint density at radius 2 is 2.00 bits per heavy atom. The molecule has 0 atom stereocenters. The molecule has 0 saturated heterocycles. The zero-order valence-electron chi connectivity index (χ0n) is 13.3. The van der Waals surface area contributed by atoms with E-state index in [9.17, 15) is 4.79 Å². The third-order valence-electron chi connectivity index (χ3n) is 3.48. The first kappa shape index (κ1) is 16.0. The van der Waals surface area contributed by atoms with Gasteiger partial charge in [0, 0.05) is 26.0 Å². The van der Waals surface area contributed by atoms with Crippen LogP contribution in [0.25, 0.3) is 0 Å². The van der Waals surface area contributed by atoms with Gasteiger partial charge in [-0.3, -0.25) is 0 Å². The van der Waals surface area contributed by atoms with Gasteiger partial charge in [-0.2, -0.15) is 0 Å². The maximum Gasteiger partial charge on any atom is 0.374 e. The SMILES string of the molecule is COCc1ccc(C(=O)OCc2nccn2Cc2ccccc2)o1. The van der Waals surface area contributed by atoms with E-state index in [0.717, 1.165) is 5.56 Å². The molecule has 3 rings (SSSR count). The van der Waals surface area contributed by atoms with Gasteiger partial charge in [-0.1, -0.05) is 30.3 Å². The van der Waals surface area contributed by atoms with Gasteiger partial charge in [-0.15, -0.1) is 0 Å². The summed E-state index contributed by atoms with van der Waals surface area (Å²) in [6.07, 6.45) is 3.55. The molecule has 0 aliphatic carbocycles. The maximum absolute atomic E-state index is 12.0. The first-order valence-electron chi connectivity index (χ1n) is 7.55. The molecular formula is C18H18N2O4. The van der Waals surface area contributed by atoms with E-state index in [2.05, 4.69) is 4.98 Å². The number of rotatable bonds is 7. The van der Waals surface area contributed by atoms with Gasteiger partial charge in [-0.25, -0.2) is 9.78 Å². The topological polar surface area (TPSA) is 66.5 Å². The molecule has 6 heteroatoms. The third-order valence-corrected chi connectivity index (χ3v) is 3.48. The molecule has 0 saturated carbocycles. The van der Waals surface area contributed by atoms with E-state index in [4.69, 9.17) is 13.9 Å². The molecule has 24 heavy (non-hydrogen) atoms. The second-order valence-corrected chi connectivity index (χ2v) is 5.23. The van der Waals surface area contributed by atoms with Crippen molar-refractivity contribution in [2.75, 3.05) is 7.11 Å². The molecule has 0 bridgehead atoms. The van der Waals surface area contributed by atoms with Crippen LogP contribution < -0.4 is 0 Å². The molecule has 0 amide bonds. The fourth-order valence-electron chi connectivity index (χ4n) is 2.31. The monoisotopic (exact) mass is 326 g/mol. The van der Waals surface area contributed by atoms with E-state index in [1.807, 2.05) is 41.1 Å². The molecule has 0 radical (unpaired) electrons. The Morgan fingerprint density at radius 3 is 2.79 bits per heavy atom. The van der Waals surface area contributed by atoms with Crippen LogP contribution in [0.5, 0.6) is 0 Å². The van der Waals surface area contributed by atoms with Gasteiger partial charge < -0.3 is 18.5 Å². The van der Waals surface area contributed by atoms with Crippen LogP contribution in [-0.2, 0) is 29.2 Å². The summed E-state index contributed by atoms with van der Waals surface area (Å²) in [4.78, 5) is 16.3. The van der Waals surface area contributed by atoms with E-state index in [1.54, 1.807) is 25.4 Å². The lowest BCUT2D eigenvalue weighted by Crippen LogP contribution is -2.10. The molecule has 0 aliphatic heterocycles. The number of hydrogen-bond donors (Lipinski definition) is 0. The lowest BCUT2D eigenvalue weighted by atomic mass is 10.2. The van der Waals surface area contributed by atoms with Gasteiger partial charge >= 0.3 is 5.97 Å². The van der Waals surface area contributed by atoms with Crippen LogP contribution in [0.3, 0.4) is 0 Å². The van der Waals surface area contributed by atoms with Crippen LogP contribution in [0.4, 0.5) is 0 Å². The van der Waals surface area contributed by atoms with Crippen LogP contribution in [-0.4, -0.2) is 22.6 Å². The van der Waals surface area contributed by atoms with Crippen molar-refractivity contribution in [3.05, 3.63) is 77.8 Å². The summed E-state index contributed by atoms with van der Waals surface area (Å²) >= 11 is 0. The van der Waals surface area contributed by atoms with Crippen LogP contribution in [0.15, 0.2) is 59.3 Å². The number of nitrogens with zero attached hydrogens (tertiary/aromatic N) is 2. The smallest absolute Gasteiger partial charge is 0.374 e. The van der Waals surface area contributed by atoms with Gasteiger partial charge in [0.1, 0.15) is 24.8 Å². The molecule has 0 N–H and O–H groups in total. The highest BCUT2D eigenvalue weighted by Gasteiger charge is 2.14. The number of carbonyl (C=O) groups excluding carboxylic acids is 1. The predicted octanol–water partition coefficient (Wildman–Crippen LogP) is 3.03. The highest BCUT2D eigenvalue weighted by Crippen LogP contribution is 2.12. The molecule has 0 spiro atoms. The lowest BCUT2D eigenvalue weighted by Gasteiger charge is -2.08. The summed E-state index contributed by atoms with van der Waals surface area (Å²) in [5.74, 6) is 0.890. The molecular weight excluding hydrogens is 308 g/mol. The first-order chi connectivity index (χ1) is 11.8. The molecule has 0 aliphatic rings. The summed E-state index contributed by atoms with van der Waals surface area (Å²) in [5, 5.41) is 0. The van der Waals surface area contributed by atoms with Crippen molar-refractivity contribution in [2.24, 2.45) is 0 Å². The van der Waals surface area contributed by atoms with Gasteiger partial charge in [0.25, 0.3) is 0 Å². The molecule has 2 aromatic heterocycles. The third kappa shape index (κ3) is 3.91. The number of furan rings is 1. The molecule has 124 valence electrons. The van der Waals surface area contributed by atoms with Crippen LogP contribution in [0.1, 0.15) is 27.7 Å². The minimum absolute atomic E-state index is 0.0823. The molecule has 0 fully saturated rings. The molecule has 1 aromatic carbocycles. The van der Waals surface area contributed by atoms with Crippen molar-refractivity contribution >= 4 is 5.97 Å². The van der Waals surface area contributed by atoms with Crippen molar-refractivity contribution < 1.29 is 18.7 Å². The summed E-state index contributed by atoms with van der Waals surface area (Å²) in [6, 6.07) is 13.3. The lowest BCUT2D eigenvalue weighted by molar-refractivity contribution is 0.0415. The quantitative estimate of drug-likeness (QED) is 0.624. The largest absolute Gasteiger partial charge is 0.452 e. The molecule has 3 aromatic rings. The highest BCUT2D eigenvalue weighted by molar-refractivity contribution is 5.86. The van der Waals surface area contributed by atoms with Crippen molar-refractivity contribution in [2.45, 2.75) is 19.8 Å². The number of hydrogen-bond acceptors (Lipinski definition) is 5. The Bertz CT molecular complexity index is 792. The van der Waals surface area contributed by atoms with Crippen LogP contribution in [0, 0.1) is 0 Å². The van der Waals surface area contributed by atoms with E-state index < -0.39 is 5.97 Å². The zero-order valence-corrected chi connectivity index (χ0v) is 13.3. The summed E-state index contributed by atoms with van der Waals surface area (Å²) < 4.78 is 17.5. The van der Waals surface area contributed by atoms with Gasteiger partial charge in [-0.05, 0) is 17.7 Å². The average Bonchev–Trinajstić information content (AvgIpc) is 3.24. The second kappa shape index (κ2) is 7.61. The summed E-state index contributed by atoms with van der Waals surface area (Å²) in [6.45, 7) is 1.07. The predicted molar refractivity (Wildman–Crippen MR) is 86.3 cm³/mol. The van der Waals surface area contributed by atoms with E-state index in [0.29, 0.717) is 24.7 Å². The van der Waals surface area contributed by atoms with Gasteiger partial charge in [0.05, 0.1) is 0 Å². The second-order valence-electron chi connectivity index (χ2n) is 5.23. The van der Waals surface area contributed by atoms with E-state index in [1.165, 1.54) is 0 Å². The Hall–Kier alpha value is -2.86. The normalized spacial score (nSPS) is 10.7. The van der Waals surface area contributed by atoms with Crippen molar-refractivity contribution in [1.29, 1.82) is 0 Å². The fourth-order valence-corrected chi connectivity index (χ4v) is 2.31. The standard InChI is InChI=1S/C18H18N2O4/c1-22-12-15-7-8-16(24-15)18(21)23-13-17-19-9-10-20(17)11-14-5-3-2-4-6-14/h2-10H,11-13H2,1H3. The minimum atomic E-state index is -0.522. The number of benzene rings is 1. The molecule has 0 unspecified atom stereocenters. The number of ether oxygens (including phenoxy) is 2. The van der Waals surface area contributed by atoms with E-state index in [-0.39, 0.29) is 12.4 Å². The Morgan fingerprint density at radius 1 is 1.17 bits per heavy atom.